The lowest BCUT2D eigenvalue weighted by atomic mass is 10.1. The van der Waals surface area contributed by atoms with Crippen LogP contribution in [0.1, 0.15) is 77.9 Å². The molecule has 25 nitrogen and oxygen atoms in total. The van der Waals surface area contributed by atoms with Crippen LogP contribution in [-0.2, 0) is 72.3 Å². The average Bonchev–Trinajstić information content (AvgIpc) is 3.72. The Kier molecular flexibility index (Phi) is 22.4. The number of carbonyl (C=O) groups excluding carboxylic acids is 5. The maximum Gasteiger partial charge on any atom is 0.333 e. The fourth-order valence-corrected chi connectivity index (χ4v) is 11.4. The van der Waals surface area contributed by atoms with Crippen molar-refractivity contribution in [2.24, 2.45) is 0 Å². The molecule has 0 spiro atoms. The Hall–Kier alpha value is -6.06. The van der Waals surface area contributed by atoms with Crippen molar-refractivity contribution < 1.29 is 74.9 Å². The number of aryl methyl sites for hydroxylation is 2. The number of pyridine rings is 3. The number of hydrogen-bond acceptors (Lipinski definition) is 18. The van der Waals surface area contributed by atoms with Crippen LogP contribution in [0.2, 0.25) is 0 Å². The molecule has 2 fully saturated rings. The molecular weight excluding hydrogens is 1130 g/mol. The lowest BCUT2D eigenvalue weighted by Gasteiger charge is -2.26. The number of aromatic nitrogens is 3. The molecule has 81 heavy (non-hydrogen) atoms. The lowest BCUT2D eigenvalue weighted by molar-refractivity contribution is -0.197. The van der Waals surface area contributed by atoms with Crippen LogP contribution < -0.4 is 31.7 Å². The van der Waals surface area contributed by atoms with E-state index in [4.69, 9.17) is 9.57 Å². The summed E-state index contributed by atoms with van der Waals surface area (Å²) in [5.41, 5.74) is 4.67. The van der Waals surface area contributed by atoms with E-state index in [2.05, 4.69) is 52.1 Å². The zero-order valence-electron chi connectivity index (χ0n) is 45.6. The van der Waals surface area contributed by atoms with Gasteiger partial charge in [0.15, 0.2) is 5.25 Å². The van der Waals surface area contributed by atoms with E-state index in [-0.39, 0.29) is 74.5 Å². The molecule has 2 saturated heterocycles. The highest BCUT2D eigenvalue weighted by atomic mass is 32.2. The van der Waals surface area contributed by atoms with Crippen molar-refractivity contribution >= 4 is 78.1 Å². The molecule has 438 valence electrons. The van der Waals surface area contributed by atoms with Gasteiger partial charge in [-0.25, -0.2) is 19.7 Å². The highest BCUT2D eigenvalue weighted by Gasteiger charge is 2.34. The van der Waals surface area contributed by atoms with E-state index in [1.807, 2.05) is 26.0 Å². The molecule has 4 unspecified atom stereocenters. The first kappa shape index (κ1) is 64.1. The molecular formula is C52H68N9O16P3S. The maximum absolute atomic E-state index is 13.1. The predicted molar refractivity (Wildman–Crippen MR) is 299 cm³/mol. The number of benzene rings is 1. The molecule has 2 aliphatic rings. The van der Waals surface area contributed by atoms with E-state index >= 15 is 0 Å². The molecule has 5 heterocycles. The van der Waals surface area contributed by atoms with Crippen LogP contribution in [0.4, 0.5) is 0 Å². The molecule has 2 aliphatic heterocycles. The Bertz CT molecular complexity index is 3200. The van der Waals surface area contributed by atoms with Crippen molar-refractivity contribution in [1.82, 2.24) is 45.3 Å². The number of imide groups is 1. The minimum atomic E-state index is -4.95. The first-order valence-corrected chi connectivity index (χ1v) is 33.7. The Morgan fingerprint density at radius 1 is 0.654 bits per heavy atom. The van der Waals surface area contributed by atoms with Gasteiger partial charge >= 0.3 is 5.97 Å². The van der Waals surface area contributed by atoms with Gasteiger partial charge in [-0.15, -0.1) is 5.06 Å². The Morgan fingerprint density at radius 3 is 1.58 bits per heavy atom. The topological polar surface area (TPSA) is 346 Å². The molecule has 0 bridgehead atoms. The summed E-state index contributed by atoms with van der Waals surface area (Å²) in [5.74, 6) is 2.58. The summed E-state index contributed by atoms with van der Waals surface area (Å²) in [5, 5.41) is 2.98. The van der Waals surface area contributed by atoms with Crippen molar-refractivity contribution in [3.63, 3.8) is 0 Å². The number of hydrogen-bond donors (Lipinski definition) is 6. The van der Waals surface area contributed by atoms with Gasteiger partial charge in [-0.05, 0) is 98.5 Å². The van der Waals surface area contributed by atoms with E-state index in [0.29, 0.717) is 91.4 Å². The number of amides is 4. The average molecular weight is 1200 g/mol. The molecule has 6 N–H and O–H groups in total. The summed E-state index contributed by atoms with van der Waals surface area (Å²) < 4.78 is 77.9. The summed E-state index contributed by atoms with van der Waals surface area (Å²) in [7, 11) is -16.1. The van der Waals surface area contributed by atoms with Crippen LogP contribution in [0.25, 0.3) is 0 Å². The number of ether oxygens (including phenoxy) is 1. The fourth-order valence-electron chi connectivity index (χ4n) is 8.50. The Morgan fingerprint density at radius 2 is 1.11 bits per heavy atom. The third-order valence-corrected chi connectivity index (χ3v) is 17.1. The van der Waals surface area contributed by atoms with Crippen LogP contribution >= 0.6 is 22.1 Å². The van der Waals surface area contributed by atoms with Gasteiger partial charge in [0.2, 0.25) is 33.9 Å². The molecule has 4 aromatic rings. The quantitative estimate of drug-likeness (QED) is 0.0200. The summed E-state index contributed by atoms with van der Waals surface area (Å²) in [6, 6.07) is 17.0. The monoisotopic (exact) mass is 1200 g/mol. The molecule has 0 radical (unpaired) electrons. The third-order valence-electron chi connectivity index (χ3n) is 12.7. The SMILES string of the molecule is Cc1cc(CN2CCN(Cc3cc(C)cc(P(C)(=O)O)n3)CCN(Cc3cc(C#Cc4ccc(OCCCNC(=O)C(CNC(=O)CCCC(=O)ON5C(=O)CCC5=O)S(=O)(=O)O)cc4)cc(P(C)(=O)O)n3)CC2)nc(P(C)(=O)O)c1. The Balaban J connectivity index is 1.05. The van der Waals surface area contributed by atoms with Gasteiger partial charge in [0.25, 0.3) is 21.9 Å². The third kappa shape index (κ3) is 20.7. The largest absolute Gasteiger partial charge is 0.494 e. The molecule has 4 atom stereocenters. The zero-order chi connectivity index (χ0) is 59.3. The highest BCUT2D eigenvalue weighted by molar-refractivity contribution is 7.87. The summed E-state index contributed by atoms with van der Waals surface area (Å²) in [4.78, 5) is 117. The standard InChI is InChI=1S/C52H68N9O16P3S/c1-36-26-40(55-46(28-36)78(3,67)68)33-58-19-20-59(34-41-27-37(2)29-47(56-41)79(4,69)70)22-24-60(23-21-58)35-42-30-39(31-48(57-42)80(5,71)72)11-10-38-12-14-43(15-13-38)76-25-7-18-53-52(66)44(81(73,74)75)32-54-45(62)8-6-9-51(65)77-61-49(63)16-17-50(61)64/h12-15,26-31,44H,6-9,16-25,32-35H2,1-5H3,(H,53,66)(H,54,62)(H,67,68)(H,69,70)(H,71,72)(H,73,74,75). The van der Waals surface area contributed by atoms with E-state index in [0.717, 1.165) is 11.1 Å². The number of carbonyl (C=O) groups is 5. The van der Waals surface area contributed by atoms with Crippen molar-refractivity contribution in [2.45, 2.75) is 77.3 Å². The lowest BCUT2D eigenvalue weighted by Crippen LogP contribution is -2.47. The molecule has 4 amide bonds. The fraction of sp³-hybridized carbons (Fsp3) is 0.462. The summed E-state index contributed by atoms with van der Waals surface area (Å²) >= 11 is 0. The number of nitrogens with one attached hydrogen (secondary N) is 2. The minimum Gasteiger partial charge on any atom is -0.494 e. The molecule has 6 rings (SSSR count). The highest BCUT2D eigenvalue weighted by Crippen LogP contribution is 2.35. The molecule has 0 aliphatic carbocycles. The van der Waals surface area contributed by atoms with Crippen molar-refractivity contribution in [3.05, 3.63) is 100.0 Å². The van der Waals surface area contributed by atoms with Crippen molar-refractivity contribution in [1.29, 1.82) is 0 Å². The number of nitrogens with zero attached hydrogens (tertiary/aromatic N) is 7. The van der Waals surface area contributed by atoms with E-state index in [1.54, 1.807) is 42.5 Å². The van der Waals surface area contributed by atoms with Gasteiger partial charge in [0, 0.05) is 129 Å². The van der Waals surface area contributed by atoms with Crippen LogP contribution in [0.3, 0.4) is 0 Å². The summed E-state index contributed by atoms with van der Waals surface area (Å²) in [6.45, 7) is 11.2. The van der Waals surface area contributed by atoms with Crippen molar-refractivity contribution in [2.75, 3.05) is 79.0 Å². The molecule has 1 aromatic carbocycles. The first-order valence-electron chi connectivity index (χ1n) is 25.9. The van der Waals surface area contributed by atoms with Gasteiger partial charge in [0.1, 0.15) is 22.1 Å². The van der Waals surface area contributed by atoms with Crippen LogP contribution in [0.15, 0.2) is 60.7 Å². The van der Waals surface area contributed by atoms with Gasteiger partial charge in [-0.1, -0.05) is 11.8 Å². The molecule has 3 aromatic heterocycles. The first-order chi connectivity index (χ1) is 38.0. The van der Waals surface area contributed by atoms with Crippen molar-refractivity contribution in [3.8, 4) is 17.6 Å². The predicted octanol–water partition coefficient (Wildman–Crippen LogP) is 1.32. The normalized spacial score (nSPS) is 17.5. The Labute approximate surface area is 470 Å². The number of rotatable bonds is 23. The van der Waals surface area contributed by atoms with E-state index in [9.17, 15) is 65.3 Å². The second-order valence-electron chi connectivity index (χ2n) is 20.1. The van der Waals surface area contributed by atoms with Crippen LogP contribution in [-0.4, -0.2) is 176 Å². The second-order valence-corrected chi connectivity index (χ2v) is 28.4. The van der Waals surface area contributed by atoms with Crippen LogP contribution in [0.5, 0.6) is 5.75 Å². The maximum atomic E-state index is 13.1. The van der Waals surface area contributed by atoms with Gasteiger partial charge < -0.3 is 34.9 Å². The van der Waals surface area contributed by atoms with Gasteiger partial charge in [-0.3, -0.25) is 52.1 Å². The minimum absolute atomic E-state index is 0.0161. The smallest absolute Gasteiger partial charge is 0.333 e. The van der Waals surface area contributed by atoms with E-state index in [1.165, 1.54) is 26.1 Å². The van der Waals surface area contributed by atoms with Gasteiger partial charge in [0.05, 0.1) is 23.7 Å². The van der Waals surface area contributed by atoms with Crippen LogP contribution in [0, 0.1) is 25.7 Å². The van der Waals surface area contributed by atoms with E-state index < -0.39 is 73.6 Å². The summed E-state index contributed by atoms with van der Waals surface area (Å²) in [6.07, 6.45) is -0.657. The zero-order valence-corrected chi connectivity index (χ0v) is 49.1. The number of hydroxylamine groups is 2. The molecule has 0 saturated carbocycles. The van der Waals surface area contributed by atoms with Gasteiger partial charge in [-0.2, -0.15) is 8.42 Å². The molecule has 29 heteroatoms. The second kappa shape index (κ2) is 28.3.